The number of hydrogen-bond acceptors (Lipinski definition) is 9. The van der Waals surface area contributed by atoms with Crippen LogP contribution in [-0.2, 0) is 24.2 Å². The molecule has 2 atom stereocenters. The van der Waals surface area contributed by atoms with Gasteiger partial charge in [0.05, 0.1) is 22.0 Å². The number of aromatic nitrogens is 6. The Bertz CT molecular complexity index is 2800. The third-order valence-electron chi connectivity index (χ3n) is 11.7. The van der Waals surface area contributed by atoms with Crippen molar-refractivity contribution in [2.45, 2.75) is 57.5 Å². The Kier molecular flexibility index (Phi) is 11.4. The van der Waals surface area contributed by atoms with Crippen LogP contribution in [0.15, 0.2) is 79.1 Å². The number of alkyl halides is 2. The number of pyridine rings is 1. The molecule has 1 fully saturated rings. The summed E-state index contributed by atoms with van der Waals surface area (Å²) in [5, 5.41) is 7.82. The number of halogens is 5. The lowest BCUT2D eigenvalue weighted by Gasteiger charge is -2.36. The molecule has 12 nitrogen and oxygen atoms in total. The largest absolute Gasteiger partial charge is 0.368 e. The predicted octanol–water partition coefficient (Wildman–Crippen LogP) is 8.27. The van der Waals surface area contributed by atoms with Crippen molar-refractivity contribution in [1.82, 2.24) is 35.0 Å². The molecule has 18 heteroatoms. The number of thiazole rings is 1. The second-order valence-corrected chi connectivity index (χ2v) is 16.9. The molecule has 1 aliphatic carbocycles. The Balaban J connectivity index is 1.07. The van der Waals surface area contributed by atoms with Crippen LogP contribution >= 0.6 is 11.3 Å². The molecule has 2 aliphatic rings. The van der Waals surface area contributed by atoms with Gasteiger partial charge in [-0.05, 0) is 97.3 Å². The molecule has 324 valence electrons. The van der Waals surface area contributed by atoms with E-state index in [1.165, 1.54) is 28.2 Å². The number of H-pyrrole nitrogens is 1. The van der Waals surface area contributed by atoms with Crippen LogP contribution < -0.4 is 20.9 Å². The Morgan fingerprint density at radius 1 is 0.921 bits per heavy atom. The fraction of sp³-hybridized carbons (Fsp3) is 0.289. The van der Waals surface area contributed by atoms with E-state index in [9.17, 15) is 31.5 Å². The monoisotopic (exact) mass is 880 g/mol. The SMILES string of the molecule is CC1CCCc2c(C(F)F)nn(CC(=O)N[C@@H](Cc3cc(F)cc(F)c3)c3nc4nc(N5CCN(c6ccc(-c7ncc[nH]7)cc6)CC5)sc4cc3-c3ccc(F)c(C(N)=O)c3)c21. The lowest BCUT2D eigenvalue weighted by atomic mass is 9.88. The molecule has 0 radical (unpaired) electrons. The van der Waals surface area contributed by atoms with Crippen LogP contribution in [0.5, 0.6) is 0 Å². The number of primary amides is 1. The van der Waals surface area contributed by atoms with Gasteiger partial charge in [-0.1, -0.05) is 24.3 Å². The van der Waals surface area contributed by atoms with Crippen LogP contribution in [0.2, 0.25) is 0 Å². The minimum atomic E-state index is -2.83. The molecule has 5 heterocycles. The summed E-state index contributed by atoms with van der Waals surface area (Å²) in [6.07, 6.45) is 2.35. The van der Waals surface area contributed by atoms with Crippen molar-refractivity contribution in [3.05, 3.63) is 130 Å². The van der Waals surface area contributed by atoms with E-state index < -0.39 is 48.3 Å². The molecule has 0 bridgehead atoms. The molecule has 4 aromatic heterocycles. The van der Waals surface area contributed by atoms with Crippen molar-refractivity contribution in [3.8, 4) is 22.5 Å². The highest BCUT2D eigenvalue weighted by atomic mass is 32.1. The number of hydrogen-bond donors (Lipinski definition) is 3. The van der Waals surface area contributed by atoms with Crippen molar-refractivity contribution < 1.29 is 31.5 Å². The average molecular weight is 881 g/mol. The number of aromatic amines is 1. The molecule has 2 amide bonds. The Morgan fingerprint density at radius 3 is 2.35 bits per heavy atom. The highest BCUT2D eigenvalue weighted by Gasteiger charge is 2.32. The normalized spacial score (nSPS) is 15.8. The number of amides is 2. The first kappa shape index (κ1) is 41.7. The molecule has 0 saturated carbocycles. The van der Waals surface area contributed by atoms with Gasteiger partial charge in [-0.3, -0.25) is 14.3 Å². The number of rotatable bonds is 12. The van der Waals surface area contributed by atoms with E-state index in [2.05, 4.69) is 42.3 Å². The van der Waals surface area contributed by atoms with E-state index in [0.717, 1.165) is 47.8 Å². The number of nitrogens with two attached hydrogens (primary N) is 1. The molecule has 1 unspecified atom stereocenters. The minimum Gasteiger partial charge on any atom is -0.368 e. The summed E-state index contributed by atoms with van der Waals surface area (Å²) in [5.41, 5.74) is 9.30. The molecule has 9 rings (SSSR count). The zero-order valence-corrected chi connectivity index (χ0v) is 34.7. The smallest absolute Gasteiger partial charge is 0.282 e. The fourth-order valence-corrected chi connectivity index (χ4v) is 9.70. The zero-order valence-electron chi connectivity index (χ0n) is 33.9. The molecule has 1 aliphatic heterocycles. The van der Waals surface area contributed by atoms with Crippen molar-refractivity contribution >= 4 is 44.3 Å². The third-order valence-corrected chi connectivity index (χ3v) is 12.7. The van der Waals surface area contributed by atoms with Gasteiger partial charge in [-0.15, -0.1) is 0 Å². The van der Waals surface area contributed by atoms with Gasteiger partial charge in [0.25, 0.3) is 12.3 Å². The highest BCUT2D eigenvalue weighted by molar-refractivity contribution is 7.22. The molecule has 7 aromatic rings. The Hall–Kier alpha value is -6.69. The van der Waals surface area contributed by atoms with E-state index in [1.807, 2.05) is 19.1 Å². The standard InChI is InChI=1S/C45H41F5N10O2S/c1-24-3-2-4-31-39(41(49)50)57-60(40(24)31)23-37(61)54-35(19-25-17-28(46)21-29(47)18-25)38-32(27-7-10-34(48)33(20-27)42(51)62)22-36-44(55-38)56-45(63-36)59-15-13-58(14-16-59)30-8-5-26(6-9-30)43-52-11-12-53-43/h5-12,17-18,20-22,24,35,41H,2-4,13-16,19,23H2,1H3,(H2,51,62)(H,52,53)(H,54,61)/t24?,35-/m0/s1. The van der Waals surface area contributed by atoms with Gasteiger partial charge in [-0.25, -0.2) is 31.9 Å². The number of carbonyl (C=O) groups excluding carboxylic acids is 2. The molecular weight excluding hydrogens is 840 g/mol. The lowest BCUT2D eigenvalue weighted by Crippen LogP contribution is -2.46. The van der Waals surface area contributed by atoms with Crippen molar-refractivity contribution in [3.63, 3.8) is 0 Å². The Labute approximate surface area is 362 Å². The molecule has 63 heavy (non-hydrogen) atoms. The number of benzene rings is 3. The van der Waals surface area contributed by atoms with Crippen LogP contribution in [0, 0.1) is 17.5 Å². The number of anilines is 2. The van der Waals surface area contributed by atoms with Gasteiger partial charge in [0.2, 0.25) is 5.91 Å². The van der Waals surface area contributed by atoms with Crippen molar-refractivity contribution in [2.24, 2.45) is 5.73 Å². The molecule has 0 spiro atoms. The molecule has 4 N–H and O–H groups in total. The van der Waals surface area contributed by atoms with Crippen molar-refractivity contribution in [1.29, 1.82) is 0 Å². The summed E-state index contributed by atoms with van der Waals surface area (Å²) >= 11 is 1.38. The topological polar surface area (TPSA) is 151 Å². The maximum absolute atomic E-state index is 14.9. The Morgan fingerprint density at radius 2 is 1.65 bits per heavy atom. The van der Waals surface area contributed by atoms with Gasteiger partial charge >= 0.3 is 0 Å². The lowest BCUT2D eigenvalue weighted by molar-refractivity contribution is -0.122. The van der Waals surface area contributed by atoms with E-state index in [0.29, 0.717) is 76.9 Å². The summed E-state index contributed by atoms with van der Waals surface area (Å²) in [5.74, 6) is -3.47. The van der Waals surface area contributed by atoms with Crippen LogP contribution in [0.4, 0.5) is 32.8 Å². The first-order valence-electron chi connectivity index (χ1n) is 20.5. The van der Waals surface area contributed by atoms with E-state index >= 15 is 0 Å². The van der Waals surface area contributed by atoms with Gasteiger partial charge in [0.1, 0.15) is 35.5 Å². The number of carbonyl (C=O) groups is 2. The van der Waals surface area contributed by atoms with E-state index in [-0.39, 0.29) is 34.9 Å². The number of fused-ring (bicyclic) bond motifs is 2. The van der Waals surface area contributed by atoms with Gasteiger partial charge in [-0.2, -0.15) is 10.1 Å². The second kappa shape index (κ2) is 17.2. The van der Waals surface area contributed by atoms with Crippen LogP contribution in [-0.4, -0.2) is 67.7 Å². The van der Waals surface area contributed by atoms with Crippen LogP contribution in [0.25, 0.3) is 32.9 Å². The summed E-state index contributed by atoms with van der Waals surface area (Å²) in [4.78, 5) is 48.3. The minimum absolute atomic E-state index is 0.123. The first-order chi connectivity index (χ1) is 30.4. The summed E-state index contributed by atoms with van der Waals surface area (Å²) in [6, 6.07) is 15.7. The summed E-state index contributed by atoms with van der Waals surface area (Å²) < 4.78 is 74.5. The number of nitrogens with zero attached hydrogens (tertiary/aromatic N) is 7. The van der Waals surface area contributed by atoms with Crippen LogP contribution in [0.1, 0.15) is 76.7 Å². The quantitative estimate of drug-likeness (QED) is 0.104. The van der Waals surface area contributed by atoms with Gasteiger partial charge in [0.15, 0.2) is 10.8 Å². The summed E-state index contributed by atoms with van der Waals surface area (Å²) in [6.45, 7) is 4.19. The molecule has 3 aromatic carbocycles. The van der Waals surface area contributed by atoms with E-state index in [1.54, 1.807) is 18.5 Å². The summed E-state index contributed by atoms with van der Waals surface area (Å²) in [7, 11) is 0. The molecule has 1 saturated heterocycles. The first-order valence-corrected chi connectivity index (χ1v) is 21.3. The number of imidazole rings is 1. The van der Waals surface area contributed by atoms with E-state index in [4.69, 9.17) is 15.7 Å². The average Bonchev–Trinajstić information content (AvgIpc) is 4.03. The number of piperazine rings is 1. The van der Waals surface area contributed by atoms with Crippen LogP contribution in [0.3, 0.4) is 0 Å². The van der Waals surface area contributed by atoms with Crippen molar-refractivity contribution in [2.75, 3.05) is 36.0 Å². The van der Waals surface area contributed by atoms with Gasteiger partial charge < -0.3 is 25.8 Å². The molecular formula is C45H41F5N10O2S. The number of nitrogens with one attached hydrogen (secondary N) is 2. The highest BCUT2D eigenvalue weighted by Crippen LogP contribution is 2.39. The maximum Gasteiger partial charge on any atom is 0.282 e. The maximum atomic E-state index is 14.9. The second-order valence-electron chi connectivity index (χ2n) is 15.9. The van der Waals surface area contributed by atoms with Gasteiger partial charge in [0, 0.05) is 72.7 Å². The predicted molar refractivity (Wildman–Crippen MR) is 229 cm³/mol. The fourth-order valence-electron chi connectivity index (χ4n) is 8.70. The third kappa shape index (κ3) is 8.59. The zero-order chi connectivity index (χ0) is 43.9.